The predicted molar refractivity (Wildman–Crippen MR) is 141 cm³/mol. The molecule has 2 aromatic carbocycles. The number of fused-ring (bicyclic) bond motifs is 1. The number of benzene rings is 2. The van der Waals surface area contributed by atoms with Crippen LogP contribution in [0.5, 0.6) is 5.75 Å². The molecule has 3 fully saturated rings. The summed E-state index contributed by atoms with van der Waals surface area (Å²) >= 11 is 0. The minimum Gasteiger partial charge on any atom is -0.491 e. The van der Waals surface area contributed by atoms with Gasteiger partial charge in [0.05, 0.1) is 43.6 Å². The molecule has 2 aromatic rings. The van der Waals surface area contributed by atoms with Crippen molar-refractivity contribution in [1.82, 2.24) is 0 Å². The molecular formula is C28H35NO13. The van der Waals surface area contributed by atoms with E-state index < -0.39 is 78.7 Å². The molecule has 0 amide bonds. The fourth-order valence-corrected chi connectivity index (χ4v) is 5.39. The van der Waals surface area contributed by atoms with E-state index in [9.17, 15) is 35.6 Å². The Kier molecular flexibility index (Phi) is 10.0. The Morgan fingerprint density at radius 1 is 0.810 bits per heavy atom. The molecule has 14 heteroatoms. The molecule has 3 heterocycles. The maximum Gasteiger partial charge on any atom is 0.269 e. The third-order valence-electron chi connectivity index (χ3n) is 7.78. The van der Waals surface area contributed by atoms with Gasteiger partial charge in [-0.25, -0.2) is 0 Å². The molecule has 5 N–H and O–H groups in total. The molecule has 11 unspecified atom stereocenters. The smallest absolute Gasteiger partial charge is 0.269 e. The van der Waals surface area contributed by atoms with Crippen LogP contribution in [0.2, 0.25) is 0 Å². The van der Waals surface area contributed by atoms with Crippen molar-refractivity contribution in [2.75, 3.05) is 33.0 Å². The average Bonchev–Trinajstić information content (AvgIpc) is 3.01. The summed E-state index contributed by atoms with van der Waals surface area (Å²) in [5.41, 5.74) is 0.671. The molecule has 3 aliphatic rings. The Balaban J connectivity index is 1.11. The van der Waals surface area contributed by atoms with Gasteiger partial charge in [-0.2, -0.15) is 0 Å². The molecule has 3 saturated heterocycles. The van der Waals surface area contributed by atoms with E-state index in [-0.39, 0.29) is 32.1 Å². The molecule has 230 valence electrons. The first-order valence-corrected chi connectivity index (χ1v) is 13.7. The van der Waals surface area contributed by atoms with E-state index in [2.05, 4.69) is 0 Å². The van der Waals surface area contributed by atoms with Gasteiger partial charge in [-0.1, -0.05) is 30.3 Å². The highest BCUT2D eigenvalue weighted by Crippen LogP contribution is 2.34. The Morgan fingerprint density at radius 3 is 2.19 bits per heavy atom. The Bertz CT molecular complexity index is 1150. The van der Waals surface area contributed by atoms with Crippen LogP contribution < -0.4 is 4.74 Å². The molecule has 42 heavy (non-hydrogen) atoms. The lowest BCUT2D eigenvalue weighted by atomic mass is 9.87. The van der Waals surface area contributed by atoms with E-state index in [0.29, 0.717) is 5.75 Å². The van der Waals surface area contributed by atoms with Gasteiger partial charge in [-0.05, 0) is 12.1 Å². The van der Waals surface area contributed by atoms with Crippen LogP contribution in [-0.2, 0) is 23.7 Å². The number of aliphatic hydroxyl groups is 5. The molecule has 11 atom stereocenters. The van der Waals surface area contributed by atoms with Gasteiger partial charge in [0.2, 0.25) is 0 Å². The number of non-ortho nitro benzene ring substituents is 1. The van der Waals surface area contributed by atoms with Gasteiger partial charge in [-0.15, -0.1) is 0 Å². The largest absolute Gasteiger partial charge is 0.491 e. The number of nitro groups is 1. The first-order valence-electron chi connectivity index (χ1n) is 13.7. The first kappa shape index (κ1) is 30.7. The van der Waals surface area contributed by atoms with Crippen molar-refractivity contribution in [1.29, 1.82) is 0 Å². The summed E-state index contributed by atoms with van der Waals surface area (Å²) in [6.07, 6.45) is -10.3. The van der Waals surface area contributed by atoms with Crippen molar-refractivity contribution >= 4 is 5.69 Å². The Morgan fingerprint density at radius 2 is 1.50 bits per heavy atom. The molecule has 14 nitrogen and oxygen atoms in total. The van der Waals surface area contributed by atoms with Crippen molar-refractivity contribution in [3.05, 3.63) is 70.3 Å². The highest BCUT2D eigenvalue weighted by Gasteiger charge is 2.49. The summed E-state index contributed by atoms with van der Waals surface area (Å²) in [7, 11) is 0. The van der Waals surface area contributed by atoms with Crippen LogP contribution in [0.4, 0.5) is 5.69 Å². The lowest BCUT2D eigenvalue weighted by molar-refractivity contribution is -0.384. The van der Waals surface area contributed by atoms with Gasteiger partial charge in [-0.3, -0.25) is 10.1 Å². The maximum atomic E-state index is 10.8. The number of nitro benzene ring substituents is 1. The minimum absolute atomic E-state index is 0.104. The standard InChI is InChI=1S/C28H35NO13/c30-10-19-18(23(31)24(32)21(40-19)13-38-17-8-6-16(7-9-17)29(35)36)11-37-12-20-25(33)26(34)27-22(41-20)14-39-28(42-27)15-4-2-1-3-5-15/h1-9,18-28,30-34H,10-14H2. The first-order chi connectivity index (χ1) is 20.3. The maximum absolute atomic E-state index is 10.8. The quantitative estimate of drug-likeness (QED) is 0.178. The molecule has 0 aliphatic carbocycles. The summed E-state index contributed by atoms with van der Waals surface area (Å²) in [4.78, 5) is 10.3. The van der Waals surface area contributed by atoms with Gasteiger partial charge in [0, 0.05) is 23.6 Å². The number of ether oxygens (including phenoxy) is 6. The van der Waals surface area contributed by atoms with E-state index >= 15 is 0 Å². The SMILES string of the molecule is O=[N+]([O-])c1ccc(OCC2OC(CO)C(COCC3OC4COC(c5ccccc5)OC4C(O)C3O)C(O)C2O)cc1. The number of nitrogens with zero attached hydrogens (tertiary/aromatic N) is 1. The van der Waals surface area contributed by atoms with Crippen LogP contribution in [0, 0.1) is 16.0 Å². The van der Waals surface area contributed by atoms with Crippen LogP contribution in [0.1, 0.15) is 11.9 Å². The van der Waals surface area contributed by atoms with Crippen molar-refractivity contribution in [3.8, 4) is 5.75 Å². The summed E-state index contributed by atoms with van der Waals surface area (Å²) in [6, 6.07) is 14.6. The normalized spacial score (nSPS) is 36.6. The topological polar surface area (TPSA) is 200 Å². The number of aliphatic hydroxyl groups excluding tert-OH is 5. The Labute approximate surface area is 241 Å². The molecule has 5 rings (SSSR count). The van der Waals surface area contributed by atoms with E-state index in [1.165, 1.54) is 24.3 Å². The highest BCUT2D eigenvalue weighted by atomic mass is 16.7. The molecule has 3 aliphatic heterocycles. The third-order valence-corrected chi connectivity index (χ3v) is 7.78. The highest BCUT2D eigenvalue weighted by molar-refractivity contribution is 5.36. The van der Waals surface area contributed by atoms with Gasteiger partial charge < -0.3 is 54.0 Å². The van der Waals surface area contributed by atoms with Crippen LogP contribution in [-0.4, -0.2) is 118 Å². The second-order valence-corrected chi connectivity index (χ2v) is 10.5. The van der Waals surface area contributed by atoms with Gasteiger partial charge in [0.15, 0.2) is 6.29 Å². The molecule has 0 aromatic heterocycles. The monoisotopic (exact) mass is 593 g/mol. The fraction of sp³-hybridized carbons (Fsp3) is 0.571. The van der Waals surface area contributed by atoms with Crippen LogP contribution in [0.25, 0.3) is 0 Å². The molecule has 0 saturated carbocycles. The van der Waals surface area contributed by atoms with Gasteiger partial charge in [0.1, 0.15) is 55.1 Å². The van der Waals surface area contributed by atoms with Crippen LogP contribution in [0.15, 0.2) is 54.6 Å². The Hall–Kier alpha value is -2.76. The average molecular weight is 594 g/mol. The second-order valence-electron chi connectivity index (χ2n) is 10.5. The molecule has 0 radical (unpaired) electrons. The lowest BCUT2D eigenvalue weighted by Gasteiger charge is -2.46. The molecule has 0 spiro atoms. The number of rotatable bonds is 10. The lowest BCUT2D eigenvalue weighted by Crippen LogP contribution is -2.62. The summed E-state index contributed by atoms with van der Waals surface area (Å²) < 4.78 is 34.7. The fourth-order valence-electron chi connectivity index (χ4n) is 5.39. The van der Waals surface area contributed by atoms with Gasteiger partial charge in [0.25, 0.3) is 5.69 Å². The third kappa shape index (κ3) is 6.73. The van der Waals surface area contributed by atoms with Crippen LogP contribution >= 0.6 is 0 Å². The van der Waals surface area contributed by atoms with E-state index in [1.54, 1.807) is 0 Å². The van der Waals surface area contributed by atoms with Crippen molar-refractivity contribution in [3.63, 3.8) is 0 Å². The molecular weight excluding hydrogens is 558 g/mol. The second kappa shape index (κ2) is 13.7. The van der Waals surface area contributed by atoms with E-state index in [4.69, 9.17) is 28.4 Å². The number of hydrogen-bond acceptors (Lipinski definition) is 13. The summed E-state index contributed by atoms with van der Waals surface area (Å²) in [6.45, 7) is -0.846. The van der Waals surface area contributed by atoms with Crippen molar-refractivity contribution in [2.24, 2.45) is 5.92 Å². The van der Waals surface area contributed by atoms with Gasteiger partial charge >= 0.3 is 0 Å². The summed E-state index contributed by atoms with van der Waals surface area (Å²) in [5, 5.41) is 63.7. The van der Waals surface area contributed by atoms with Crippen molar-refractivity contribution < 1.29 is 58.9 Å². The predicted octanol–water partition coefficient (Wildman–Crippen LogP) is -0.309. The molecule has 0 bridgehead atoms. The van der Waals surface area contributed by atoms with Crippen LogP contribution in [0.3, 0.4) is 0 Å². The number of hydrogen-bond donors (Lipinski definition) is 5. The van der Waals surface area contributed by atoms with Crippen molar-refractivity contribution in [2.45, 2.75) is 61.2 Å². The summed E-state index contributed by atoms with van der Waals surface area (Å²) in [5.74, 6) is -0.524. The zero-order valence-electron chi connectivity index (χ0n) is 22.5. The van der Waals surface area contributed by atoms with E-state index in [0.717, 1.165) is 5.56 Å². The van der Waals surface area contributed by atoms with E-state index in [1.807, 2.05) is 30.3 Å². The zero-order chi connectivity index (χ0) is 29.8. The minimum atomic E-state index is -1.38. The zero-order valence-corrected chi connectivity index (χ0v) is 22.5.